The van der Waals surface area contributed by atoms with E-state index in [-0.39, 0.29) is 17.2 Å². The molecule has 0 aromatic heterocycles. The number of hydrogen-bond donors (Lipinski definition) is 2. The molecular formula is C20H21N3O2. The van der Waals surface area contributed by atoms with E-state index in [2.05, 4.69) is 5.32 Å². The Morgan fingerprint density at radius 3 is 2.44 bits per heavy atom. The van der Waals surface area contributed by atoms with Crippen molar-refractivity contribution in [2.45, 2.75) is 19.8 Å². The van der Waals surface area contributed by atoms with Gasteiger partial charge < -0.3 is 15.3 Å². The van der Waals surface area contributed by atoms with Crippen molar-refractivity contribution in [1.82, 2.24) is 0 Å². The molecule has 2 rings (SSSR count). The highest BCUT2D eigenvalue weighted by atomic mass is 16.3. The molecule has 0 saturated carbocycles. The minimum absolute atomic E-state index is 0.00543. The monoisotopic (exact) mass is 335 g/mol. The summed E-state index contributed by atoms with van der Waals surface area (Å²) in [5, 5.41) is 21.5. The average Bonchev–Trinajstić information content (AvgIpc) is 2.60. The topological polar surface area (TPSA) is 76.4 Å². The standard InChI is InChI=1S/C20H21N3O2/c1-14(2)18-6-4-5-7-19(18)22-20(25)15(12-21)13-23(3)16-8-10-17(24)11-9-16/h4-11,13-14,24H,1-3H3,(H,22,25)/b15-13-. The van der Waals surface area contributed by atoms with Crippen LogP contribution in [0.25, 0.3) is 0 Å². The molecule has 0 radical (unpaired) electrons. The summed E-state index contributed by atoms with van der Waals surface area (Å²) in [5.74, 6) is -0.0448. The predicted octanol–water partition coefficient (Wildman–Crippen LogP) is 4.00. The first-order valence-electron chi connectivity index (χ1n) is 7.96. The summed E-state index contributed by atoms with van der Waals surface area (Å²) in [6.45, 7) is 4.09. The number of nitrogens with zero attached hydrogens (tertiary/aromatic N) is 2. The van der Waals surface area contributed by atoms with Gasteiger partial charge in [0.15, 0.2) is 0 Å². The molecule has 2 aromatic carbocycles. The number of para-hydroxylation sites is 1. The van der Waals surface area contributed by atoms with Gasteiger partial charge in [0.25, 0.3) is 5.91 Å². The zero-order chi connectivity index (χ0) is 18.4. The maximum Gasteiger partial charge on any atom is 0.267 e. The number of phenolic OH excluding ortho intramolecular Hbond substituents is 1. The Morgan fingerprint density at radius 2 is 1.84 bits per heavy atom. The molecule has 0 heterocycles. The van der Waals surface area contributed by atoms with E-state index in [9.17, 15) is 15.2 Å². The molecule has 25 heavy (non-hydrogen) atoms. The second-order valence-corrected chi connectivity index (χ2v) is 5.98. The normalized spacial score (nSPS) is 11.1. The predicted molar refractivity (Wildman–Crippen MR) is 99.4 cm³/mol. The van der Waals surface area contributed by atoms with Crippen LogP contribution >= 0.6 is 0 Å². The number of phenols is 1. The first-order chi connectivity index (χ1) is 11.9. The van der Waals surface area contributed by atoms with E-state index in [0.29, 0.717) is 5.69 Å². The number of carbonyl (C=O) groups is 1. The molecule has 1 amide bonds. The van der Waals surface area contributed by atoms with E-state index in [0.717, 1.165) is 11.3 Å². The molecule has 0 aliphatic rings. The molecule has 128 valence electrons. The number of nitriles is 1. The largest absolute Gasteiger partial charge is 0.508 e. The van der Waals surface area contributed by atoms with Crippen LogP contribution in [0.1, 0.15) is 25.3 Å². The zero-order valence-corrected chi connectivity index (χ0v) is 14.5. The summed E-state index contributed by atoms with van der Waals surface area (Å²) in [6, 6.07) is 16.0. The summed E-state index contributed by atoms with van der Waals surface area (Å²) in [7, 11) is 1.74. The molecule has 0 aliphatic heterocycles. The fraction of sp³-hybridized carbons (Fsp3) is 0.200. The van der Waals surface area contributed by atoms with Crippen molar-refractivity contribution in [2.24, 2.45) is 0 Å². The van der Waals surface area contributed by atoms with Gasteiger partial charge in [-0.3, -0.25) is 4.79 Å². The molecule has 5 heteroatoms. The third-order valence-electron chi connectivity index (χ3n) is 3.78. The number of carbonyl (C=O) groups excluding carboxylic acids is 1. The van der Waals surface area contributed by atoms with E-state index in [4.69, 9.17) is 0 Å². The average molecular weight is 335 g/mol. The lowest BCUT2D eigenvalue weighted by Crippen LogP contribution is -2.18. The molecule has 0 bridgehead atoms. The lowest BCUT2D eigenvalue weighted by atomic mass is 10.0. The van der Waals surface area contributed by atoms with Crippen LogP contribution in [0, 0.1) is 11.3 Å². The number of hydrogen-bond acceptors (Lipinski definition) is 4. The second kappa shape index (κ2) is 8.02. The van der Waals surface area contributed by atoms with Gasteiger partial charge >= 0.3 is 0 Å². The van der Waals surface area contributed by atoms with Crippen molar-refractivity contribution in [1.29, 1.82) is 5.26 Å². The maximum atomic E-state index is 12.5. The van der Waals surface area contributed by atoms with E-state index in [1.54, 1.807) is 36.2 Å². The van der Waals surface area contributed by atoms with E-state index < -0.39 is 5.91 Å². The smallest absolute Gasteiger partial charge is 0.267 e. The molecule has 2 aromatic rings. The molecule has 0 aliphatic carbocycles. The van der Waals surface area contributed by atoms with Gasteiger partial charge in [-0.25, -0.2) is 0 Å². The molecule has 2 N–H and O–H groups in total. The van der Waals surface area contributed by atoms with Crippen LogP contribution < -0.4 is 10.2 Å². The third-order valence-corrected chi connectivity index (χ3v) is 3.78. The minimum Gasteiger partial charge on any atom is -0.508 e. The van der Waals surface area contributed by atoms with E-state index in [1.807, 2.05) is 44.2 Å². The first-order valence-corrected chi connectivity index (χ1v) is 7.96. The van der Waals surface area contributed by atoms with Crippen LogP contribution in [0.4, 0.5) is 11.4 Å². The molecule has 0 saturated heterocycles. The van der Waals surface area contributed by atoms with Crippen molar-refractivity contribution < 1.29 is 9.90 Å². The lowest BCUT2D eigenvalue weighted by Gasteiger charge is -2.16. The van der Waals surface area contributed by atoms with Gasteiger partial charge in [-0.05, 0) is 41.8 Å². The molecule has 0 unspecified atom stereocenters. The van der Waals surface area contributed by atoms with Crippen LogP contribution in [0.2, 0.25) is 0 Å². The highest BCUT2D eigenvalue weighted by Gasteiger charge is 2.14. The molecular weight excluding hydrogens is 314 g/mol. The Balaban J connectivity index is 2.21. The van der Waals surface area contributed by atoms with Crippen LogP contribution in [-0.2, 0) is 4.79 Å². The van der Waals surface area contributed by atoms with Crippen LogP contribution in [-0.4, -0.2) is 18.1 Å². The van der Waals surface area contributed by atoms with Crippen molar-refractivity contribution in [2.75, 3.05) is 17.3 Å². The Labute approximate surface area is 147 Å². The summed E-state index contributed by atoms with van der Waals surface area (Å²) < 4.78 is 0. The van der Waals surface area contributed by atoms with Gasteiger partial charge in [0, 0.05) is 24.6 Å². The lowest BCUT2D eigenvalue weighted by molar-refractivity contribution is -0.112. The molecule has 0 atom stereocenters. The number of benzene rings is 2. The fourth-order valence-electron chi connectivity index (χ4n) is 2.40. The van der Waals surface area contributed by atoms with Gasteiger partial charge in [-0.1, -0.05) is 32.0 Å². The number of amides is 1. The van der Waals surface area contributed by atoms with Gasteiger partial charge in [0.05, 0.1) is 0 Å². The summed E-state index contributed by atoms with van der Waals surface area (Å²) in [5.41, 5.74) is 2.46. The number of rotatable bonds is 5. The van der Waals surface area contributed by atoms with Crippen LogP contribution in [0.15, 0.2) is 60.3 Å². The van der Waals surface area contributed by atoms with Crippen molar-refractivity contribution in [3.8, 4) is 11.8 Å². The number of nitrogens with one attached hydrogen (secondary N) is 1. The van der Waals surface area contributed by atoms with Gasteiger partial charge in [0.1, 0.15) is 17.4 Å². The quantitative estimate of drug-likeness (QED) is 0.640. The van der Waals surface area contributed by atoms with Crippen LogP contribution in [0.3, 0.4) is 0 Å². The maximum absolute atomic E-state index is 12.5. The summed E-state index contributed by atoms with van der Waals surface area (Å²) in [6.07, 6.45) is 1.47. The SMILES string of the molecule is CC(C)c1ccccc1NC(=O)/C(C#N)=C\N(C)c1ccc(O)cc1. The second-order valence-electron chi connectivity index (χ2n) is 5.98. The summed E-state index contributed by atoms with van der Waals surface area (Å²) >= 11 is 0. The third kappa shape index (κ3) is 4.61. The van der Waals surface area contributed by atoms with Crippen molar-refractivity contribution in [3.05, 3.63) is 65.9 Å². The zero-order valence-electron chi connectivity index (χ0n) is 14.5. The summed E-state index contributed by atoms with van der Waals surface area (Å²) in [4.78, 5) is 14.1. The van der Waals surface area contributed by atoms with Gasteiger partial charge in [-0.15, -0.1) is 0 Å². The Bertz CT molecular complexity index is 818. The fourth-order valence-corrected chi connectivity index (χ4v) is 2.40. The van der Waals surface area contributed by atoms with Crippen LogP contribution in [0.5, 0.6) is 5.75 Å². The van der Waals surface area contributed by atoms with Gasteiger partial charge in [0.2, 0.25) is 0 Å². The first kappa shape index (κ1) is 18.1. The highest BCUT2D eigenvalue weighted by Crippen LogP contribution is 2.24. The van der Waals surface area contributed by atoms with Crippen molar-refractivity contribution in [3.63, 3.8) is 0 Å². The molecule has 0 fully saturated rings. The van der Waals surface area contributed by atoms with E-state index >= 15 is 0 Å². The Morgan fingerprint density at radius 1 is 1.20 bits per heavy atom. The Kier molecular flexibility index (Phi) is 5.80. The number of anilines is 2. The molecule has 0 spiro atoms. The highest BCUT2D eigenvalue weighted by molar-refractivity contribution is 6.07. The minimum atomic E-state index is -0.457. The number of aromatic hydroxyl groups is 1. The van der Waals surface area contributed by atoms with E-state index in [1.165, 1.54) is 6.20 Å². The molecule has 5 nitrogen and oxygen atoms in total. The van der Waals surface area contributed by atoms with Gasteiger partial charge in [-0.2, -0.15) is 5.26 Å². The Hall–Kier alpha value is -3.26. The van der Waals surface area contributed by atoms with Crippen molar-refractivity contribution >= 4 is 17.3 Å².